The monoisotopic (exact) mass is 203 g/mol. The molecule has 0 unspecified atom stereocenters. The molecule has 70 valence electrons. The number of hydrogen-bond acceptors (Lipinski definition) is 3. The van der Waals surface area contributed by atoms with E-state index in [1.807, 2.05) is 16.8 Å². The first kappa shape index (κ1) is 9.09. The lowest BCUT2D eigenvalue weighted by atomic mass is 10.1. The lowest BCUT2D eigenvalue weighted by molar-refractivity contribution is 0.0993. The van der Waals surface area contributed by atoms with Crippen LogP contribution in [0.3, 0.4) is 0 Å². The van der Waals surface area contributed by atoms with E-state index in [-0.39, 0.29) is 5.78 Å². The molecule has 0 saturated heterocycles. The fraction of sp³-hybridized carbons (Fsp3) is 0.0909. The molecule has 2 nitrogen and oxygen atoms in total. The zero-order chi connectivity index (χ0) is 9.80. The van der Waals surface area contributed by atoms with Crippen LogP contribution in [-0.2, 0) is 6.42 Å². The van der Waals surface area contributed by atoms with Crippen LogP contribution in [0.5, 0.6) is 0 Å². The van der Waals surface area contributed by atoms with Gasteiger partial charge in [0.05, 0.1) is 0 Å². The molecular weight excluding hydrogens is 194 g/mol. The molecule has 2 aromatic heterocycles. The quantitative estimate of drug-likeness (QED) is 0.717. The van der Waals surface area contributed by atoms with E-state index in [1.54, 1.807) is 35.9 Å². The molecule has 14 heavy (non-hydrogen) atoms. The summed E-state index contributed by atoms with van der Waals surface area (Å²) >= 11 is 1.61. The molecular formula is C11H9NOS. The van der Waals surface area contributed by atoms with Crippen molar-refractivity contribution in [3.8, 4) is 0 Å². The maximum Gasteiger partial charge on any atom is 0.167 e. The van der Waals surface area contributed by atoms with Crippen molar-refractivity contribution in [1.82, 2.24) is 4.98 Å². The Labute approximate surface area is 86.2 Å². The smallest absolute Gasteiger partial charge is 0.167 e. The van der Waals surface area contributed by atoms with Crippen molar-refractivity contribution in [3.63, 3.8) is 0 Å². The molecule has 2 heterocycles. The highest BCUT2D eigenvalue weighted by molar-refractivity contribution is 7.08. The average Bonchev–Trinajstić information content (AvgIpc) is 2.72. The summed E-state index contributed by atoms with van der Waals surface area (Å²) in [6, 6.07) is 5.47. The van der Waals surface area contributed by atoms with Crippen LogP contribution in [0.2, 0.25) is 0 Å². The number of carbonyl (C=O) groups excluding carboxylic acids is 1. The Bertz CT molecular complexity index is 408. The van der Waals surface area contributed by atoms with Gasteiger partial charge in [-0.3, -0.25) is 9.78 Å². The Kier molecular flexibility index (Phi) is 2.70. The van der Waals surface area contributed by atoms with E-state index in [4.69, 9.17) is 0 Å². The van der Waals surface area contributed by atoms with E-state index in [2.05, 4.69) is 4.98 Å². The lowest BCUT2D eigenvalue weighted by Gasteiger charge is -1.97. The zero-order valence-electron chi connectivity index (χ0n) is 7.51. The molecule has 3 heteroatoms. The highest BCUT2D eigenvalue weighted by Crippen LogP contribution is 2.10. The molecule has 0 saturated carbocycles. The minimum Gasteiger partial charge on any atom is -0.294 e. The summed E-state index contributed by atoms with van der Waals surface area (Å²) < 4.78 is 0. The van der Waals surface area contributed by atoms with Gasteiger partial charge in [-0.05, 0) is 34.5 Å². The molecule has 0 aromatic carbocycles. The number of carbonyl (C=O) groups is 1. The summed E-state index contributed by atoms with van der Waals surface area (Å²) in [7, 11) is 0. The number of ketones is 1. The largest absolute Gasteiger partial charge is 0.294 e. The van der Waals surface area contributed by atoms with Crippen molar-refractivity contribution in [1.29, 1.82) is 0 Å². The van der Waals surface area contributed by atoms with E-state index in [9.17, 15) is 4.79 Å². The highest BCUT2D eigenvalue weighted by Gasteiger charge is 2.06. The number of hydrogen-bond donors (Lipinski definition) is 0. The Hall–Kier alpha value is -1.48. The van der Waals surface area contributed by atoms with Gasteiger partial charge in [0, 0.05) is 24.4 Å². The summed E-state index contributed by atoms with van der Waals surface area (Å²) in [5.74, 6) is 0.144. The van der Waals surface area contributed by atoms with Gasteiger partial charge in [-0.1, -0.05) is 0 Å². The van der Waals surface area contributed by atoms with E-state index in [1.165, 1.54) is 0 Å². The molecule has 2 aromatic rings. The summed E-state index contributed by atoms with van der Waals surface area (Å²) in [6.07, 6.45) is 3.76. The normalized spacial score (nSPS) is 10.0. The van der Waals surface area contributed by atoms with Crippen LogP contribution in [0.4, 0.5) is 0 Å². The van der Waals surface area contributed by atoms with Gasteiger partial charge in [0.25, 0.3) is 0 Å². The second kappa shape index (κ2) is 4.15. The maximum atomic E-state index is 11.7. The Morgan fingerprint density at radius 3 is 2.71 bits per heavy atom. The van der Waals surface area contributed by atoms with Gasteiger partial charge in [-0.2, -0.15) is 11.3 Å². The minimum absolute atomic E-state index is 0.144. The molecule has 0 aliphatic rings. The first-order valence-electron chi connectivity index (χ1n) is 4.30. The standard InChI is InChI=1S/C11H9NOS/c13-11(7-9-3-6-14-8-9)10-1-4-12-5-2-10/h1-6,8H,7H2. The SMILES string of the molecule is O=C(Cc1ccsc1)c1ccncc1. The van der Waals surface area contributed by atoms with E-state index < -0.39 is 0 Å². The van der Waals surface area contributed by atoms with Gasteiger partial charge < -0.3 is 0 Å². The first-order valence-corrected chi connectivity index (χ1v) is 5.25. The number of rotatable bonds is 3. The topological polar surface area (TPSA) is 30.0 Å². The minimum atomic E-state index is 0.144. The number of Topliss-reactive ketones (excluding diaryl/α,β-unsaturated/α-hetero) is 1. The Morgan fingerprint density at radius 2 is 2.07 bits per heavy atom. The third-order valence-electron chi connectivity index (χ3n) is 1.95. The molecule has 0 atom stereocenters. The summed E-state index contributed by atoms with van der Waals surface area (Å²) in [4.78, 5) is 15.6. The van der Waals surface area contributed by atoms with Gasteiger partial charge in [0.1, 0.15) is 0 Å². The van der Waals surface area contributed by atoms with Crippen molar-refractivity contribution in [2.45, 2.75) is 6.42 Å². The highest BCUT2D eigenvalue weighted by atomic mass is 32.1. The van der Waals surface area contributed by atoms with Crippen LogP contribution in [0, 0.1) is 0 Å². The first-order chi connectivity index (χ1) is 6.86. The molecule has 0 N–H and O–H groups in total. The predicted molar refractivity (Wildman–Crippen MR) is 56.6 cm³/mol. The Morgan fingerprint density at radius 1 is 1.29 bits per heavy atom. The molecule has 0 spiro atoms. The van der Waals surface area contributed by atoms with Crippen LogP contribution in [0.1, 0.15) is 15.9 Å². The van der Waals surface area contributed by atoms with E-state index in [0.29, 0.717) is 6.42 Å². The molecule has 0 bridgehead atoms. The van der Waals surface area contributed by atoms with Gasteiger partial charge >= 0.3 is 0 Å². The third-order valence-corrected chi connectivity index (χ3v) is 2.68. The molecule has 0 aliphatic carbocycles. The number of aromatic nitrogens is 1. The summed E-state index contributed by atoms with van der Waals surface area (Å²) in [5.41, 5.74) is 1.81. The number of pyridine rings is 1. The summed E-state index contributed by atoms with van der Waals surface area (Å²) in [5, 5.41) is 3.98. The fourth-order valence-electron chi connectivity index (χ4n) is 1.22. The van der Waals surface area contributed by atoms with Crippen molar-refractivity contribution in [3.05, 3.63) is 52.5 Å². The van der Waals surface area contributed by atoms with E-state index >= 15 is 0 Å². The van der Waals surface area contributed by atoms with Gasteiger partial charge in [-0.15, -0.1) is 0 Å². The summed E-state index contributed by atoms with van der Waals surface area (Å²) in [6.45, 7) is 0. The van der Waals surface area contributed by atoms with Gasteiger partial charge in [0.2, 0.25) is 0 Å². The predicted octanol–water partition coefficient (Wildman–Crippen LogP) is 2.57. The molecule has 0 aliphatic heterocycles. The Balaban J connectivity index is 2.11. The molecule has 0 fully saturated rings. The maximum absolute atomic E-state index is 11.7. The second-order valence-corrected chi connectivity index (χ2v) is 3.75. The molecule has 0 amide bonds. The fourth-order valence-corrected chi connectivity index (χ4v) is 1.89. The number of nitrogens with zero attached hydrogens (tertiary/aromatic N) is 1. The van der Waals surface area contributed by atoms with E-state index in [0.717, 1.165) is 11.1 Å². The zero-order valence-corrected chi connectivity index (χ0v) is 8.33. The van der Waals surface area contributed by atoms with Crippen molar-refractivity contribution >= 4 is 17.1 Å². The average molecular weight is 203 g/mol. The van der Waals surface area contributed by atoms with Crippen LogP contribution in [0.25, 0.3) is 0 Å². The van der Waals surface area contributed by atoms with Crippen molar-refractivity contribution < 1.29 is 4.79 Å². The van der Waals surface area contributed by atoms with Gasteiger partial charge in [0.15, 0.2) is 5.78 Å². The lowest BCUT2D eigenvalue weighted by Crippen LogP contribution is -2.02. The van der Waals surface area contributed by atoms with Crippen LogP contribution in [0.15, 0.2) is 41.4 Å². The van der Waals surface area contributed by atoms with Crippen molar-refractivity contribution in [2.24, 2.45) is 0 Å². The third kappa shape index (κ3) is 2.06. The van der Waals surface area contributed by atoms with Gasteiger partial charge in [-0.25, -0.2) is 0 Å². The molecule has 2 rings (SSSR count). The number of thiophene rings is 1. The van der Waals surface area contributed by atoms with Crippen molar-refractivity contribution in [2.75, 3.05) is 0 Å². The second-order valence-electron chi connectivity index (χ2n) is 2.97. The van der Waals surface area contributed by atoms with Crippen LogP contribution < -0.4 is 0 Å². The van der Waals surface area contributed by atoms with Crippen LogP contribution >= 0.6 is 11.3 Å². The van der Waals surface area contributed by atoms with Crippen LogP contribution in [-0.4, -0.2) is 10.8 Å². The molecule has 0 radical (unpaired) electrons.